The largest absolute Gasteiger partial charge is 0.488 e. The summed E-state index contributed by atoms with van der Waals surface area (Å²) in [5.41, 5.74) is 5.96. The van der Waals surface area contributed by atoms with Crippen molar-refractivity contribution in [3.05, 3.63) is 102 Å². The molecule has 0 bridgehead atoms. The zero-order valence-electron chi connectivity index (χ0n) is 17.9. The number of hydrogen-bond donors (Lipinski definition) is 2. The summed E-state index contributed by atoms with van der Waals surface area (Å²) < 4.78 is 0. The van der Waals surface area contributed by atoms with Gasteiger partial charge in [-0.05, 0) is 54.0 Å². The van der Waals surface area contributed by atoms with Crippen LogP contribution in [0.25, 0.3) is 16.8 Å². The van der Waals surface area contributed by atoms with Gasteiger partial charge in [-0.2, -0.15) is 0 Å². The molecule has 4 rings (SSSR count). The van der Waals surface area contributed by atoms with Gasteiger partial charge in [-0.3, -0.25) is 0 Å². The van der Waals surface area contributed by atoms with Crippen molar-refractivity contribution in [1.29, 1.82) is 0 Å². The minimum atomic E-state index is -1.48. The summed E-state index contributed by atoms with van der Waals surface area (Å²) in [4.78, 5) is 2.25. The number of fused-ring (bicyclic) bond motifs is 1. The molecule has 0 fully saturated rings. The van der Waals surface area contributed by atoms with Crippen LogP contribution in [0, 0.1) is 6.92 Å². The topological polar surface area (TPSA) is 43.7 Å². The van der Waals surface area contributed by atoms with E-state index in [9.17, 15) is 10.0 Å². The molecular formula is C27H26BNO2. The van der Waals surface area contributed by atoms with Crippen LogP contribution in [-0.4, -0.2) is 17.2 Å². The molecule has 4 aromatic rings. The van der Waals surface area contributed by atoms with Gasteiger partial charge in [-0.1, -0.05) is 79.7 Å². The Morgan fingerprint density at radius 3 is 2.23 bits per heavy atom. The van der Waals surface area contributed by atoms with Crippen LogP contribution in [0.4, 0.5) is 17.1 Å². The third kappa shape index (κ3) is 4.27. The second kappa shape index (κ2) is 9.21. The third-order valence-electron chi connectivity index (χ3n) is 5.52. The van der Waals surface area contributed by atoms with E-state index in [1.54, 1.807) is 12.1 Å². The van der Waals surface area contributed by atoms with Gasteiger partial charge in [-0.15, -0.1) is 0 Å². The van der Waals surface area contributed by atoms with Crippen molar-refractivity contribution in [3.8, 4) is 0 Å². The molecule has 154 valence electrons. The molecule has 0 amide bonds. The molecule has 31 heavy (non-hydrogen) atoms. The molecule has 0 radical (unpaired) electrons. The maximum absolute atomic E-state index is 9.54. The van der Waals surface area contributed by atoms with Gasteiger partial charge in [0.2, 0.25) is 0 Å². The highest BCUT2D eigenvalue weighted by molar-refractivity contribution is 6.58. The fourth-order valence-electron chi connectivity index (χ4n) is 3.92. The Kier molecular flexibility index (Phi) is 6.22. The Labute approximate surface area is 184 Å². The first-order valence-electron chi connectivity index (χ1n) is 10.6. The van der Waals surface area contributed by atoms with E-state index in [2.05, 4.69) is 91.6 Å². The van der Waals surface area contributed by atoms with E-state index >= 15 is 0 Å². The summed E-state index contributed by atoms with van der Waals surface area (Å²) >= 11 is 0. The van der Waals surface area contributed by atoms with Crippen molar-refractivity contribution in [2.24, 2.45) is 0 Å². The van der Waals surface area contributed by atoms with Crippen LogP contribution in [0.2, 0.25) is 0 Å². The first-order valence-corrected chi connectivity index (χ1v) is 10.6. The van der Waals surface area contributed by atoms with Crippen molar-refractivity contribution in [2.45, 2.75) is 20.3 Å². The zero-order valence-corrected chi connectivity index (χ0v) is 17.9. The number of rotatable bonds is 6. The quantitative estimate of drug-likeness (QED) is 0.402. The smallest absolute Gasteiger partial charge is 0.423 e. The van der Waals surface area contributed by atoms with E-state index in [1.807, 2.05) is 12.1 Å². The summed E-state index contributed by atoms with van der Waals surface area (Å²) in [6, 6.07) is 28.4. The van der Waals surface area contributed by atoms with Gasteiger partial charge >= 0.3 is 7.12 Å². The minimum Gasteiger partial charge on any atom is -0.423 e. The molecule has 0 heterocycles. The lowest BCUT2D eigenvalue weighted by Gasteiger charge is -2.29. The van der Waals surface area contributed by atoms with Crippen LogP contribution in [0.5, 0.6) is 0 Å². The van der Waals surface area contributed by atoms with E-state index in [4.69, 9.17) is 0 Å². The van der Waals surface area contributed by atoms with Crippen LogP contribution in [0.3, 0.4) is 0 Å². The van der Waals surface area contributed by atoms with Crippen LogP contribution in [0.1, 0.15) is 24.5 Å². The van der Waals surface area contributed by atoms with E-state index < -0.39 is 7.12 Å². The van der Waals surface area contributed by atoms with Crippen molar-refractivity contribution < 1.29 is 10.0 Å². The molecule has 4 aromatic carbocycles. The fraction of sp³-hybridized carbons (Fsp3) is 0.111. The predicted octanol–water partition coefficient (Wildman–Crippen LogP) is 5.72. The molecule has 0 saturated heterocycles. The van der Waals surface area contributed by atoms with Gasteiger partial charge in [-0.25, -0.2) is 0 Å². The van der Waals surface area contributed by atoms with Crippen molar-refractivity contribution in [1.82, 2.24) is 0 Å². The van der Waals surface area contributed by atoms with Crippen molar-refractivity contribution in [2.75, 3.05) is 4.90 Å². The second-order valence-corrected chi connectivity index (χ2v) is 7.62. The third-order valence-corrected chi connectivity index (χ3v) is 5.52. The first kappa shape index (κ1) is 20.9. The fourth-order valence-corrected chi connectivity index (χ4v) is 3.92. The monoisotopic (exact) mass is 407 g/mol. The second-order valence-electron chi connectivity index (χ2n) is 7.62. The number of benzene rings is 4. The molecule has 0 spiro atoms. The van der Waals surface area contributed by atoms with Crippen molar-refractivity contribution in [3.63, 3.8) is 0 Å². The molecular weight excluding hydrogens is 381 g/mol. The predicted molar refractivity (Wildman–Crippen MR) is 133 cm³/mol. The maximum Gasteiger partial charge on any atom is 0.488 e. The lowest BCUT2D eigenvalue weighted by molar-refractivity contribution is 0.426. The standard InChI is InChI=1S/C27H26BNO2/c1-3-4-12-24-20(2)9-7-14-26(24)29(23-18-16-22(17-19-23)28(30)31)27-15-8-11-21-10-5-6-13-25(21)27/h4-19,30-31H,3H2,1-2H3/b12-4-. The maximum atomic E-state index is 9.54. The molecule has 0 unspecified atom stereocenters. The highest BCUT2D eigenvalue weighted by Gasteiger charge is 2.19. The van der Waals surface area contributed by atoms with E-state index in [0.29, 0.717) is 5.46 Å². The lowest BCUT2D eigenvalue weighted by Crippen LogP contribution is -2.29. The molecule has 2 N–H and O–H groups in total. The lowest BCUT2D eigenvalue weighted by atomic mass is 9.80. The van der Waals surface area contributed by atoms with Gasteiger partial charge in [0.25, 0.3) is 0 Å². The molecule has 3 nitrogen and oxygen atoms in total. The number of nitrogens with zero attached hydrogens (tertiary/aromatic N) is 1. The summed E-state index contributed by atoms with van der Waals surface area (Å²) in [6.07, 6.45) is 5.33. The first-order chi connectivity index (χ1) is 15.1. The molecule has 0 aliphatic carbocycles. The highest BCUT2D eigenvalue weighted by atomic mass is 16.4. The van der Waals surface area contributed by atoms with Crippen LogP contribution < -0.4 is 10.4 Å². The van der Waals surface area contributed by atoms with Crippen LogP contribution >= 0.6 is 0 Å². The summed E-state index contributed by atoms with van der Waals surface area (Å²) in [6.45, 7) is 4.27. The number of allylic oxidation sites excluding steroid dienone is 1. The molecule has 0 aliphatic heterocycles. The van der Waals surface area contributed by atoms with E-state index in [0.717, 1.165) is 28.9 Å². The van der Waals surface area contributed by atoms with E-state index in [1.165, 1.54) is 16.5 Å². The highest BCUT2D eigenvalue weighted by Crippen LogP contribution is 2.41. The Morgan fingerprint density at radius 2 is 1.48 bits per heavy atom. The minimum absolute atomic E-state index is 0.469. The van der Waals surface area contributed by atoms with Gasteiger partial charge in [0.1, 0.15) is 0 Å². The normalized spacial score (nSPS) is 11.2. The Hall–Kier alpha value is -3.34. The average molecular weight is 407 g/mol. The van der Waals surface area contributed by atoms with Gasteiger partial charge in [0.05, 0.1) is 11.4 Å². The van der Waals surface area contributed by atoms with Crippen LogP contribution in [-0.2, 0) is 0 Å². The van der Waals surface area contributed by atoms with Gasteiger partial charge in [0.15, 0.2) is 0 Å². The Balaban J connectivity index is 1.99. The molecule has 0 aromatic heterocycles. The summed E-state index contributed by atoms with van der Waals surface area (Å²) in [5.74, 6) is 0. The Morgan fingerprint density at radius 1 is 0.806 bits per heavy atom. The number of hydrogen-bond acceptors (Lipinski definition) is 3. The summed E-state index contributed by atoms with van der Waals surface area (Å²) in [7, 11) is -1.48. The molecule has 4 heteroatoms. The summed E-state index contributed by atoms with van der Waals surface area (Å²) in [5, 5.41) is 21.4. The SMILES string of the molecule is CC/C=C\c1c(C)cccc1N(c1ccc(B(O)O)cc1)c1cccc2ccccc12. The van der Waals surface area contributed by atoms with E-state index in [-0.39, 0.29) is 0 Å². The Bertz CT molecular complexity index is 1210. The van der Waals surface area contributed by atoms with Crippen LogP contribution in [0.15, 0.2) is 91.0 Å². The van der Waals surface area contributed by atoms with Crippen molar-refractivity contribution >= 4 is 46.5 Å². The number of aryl methyl sites for hydroxylation is 1. The average Bonchev–Trinajstić information content (AvgIpc) is 2.79. The molecule has 0 atom stereocenters. The van der Waals surface area contributed by atoms with Gasteiger partial charge < -0.3 is 14.9 Å². The molecule has 0 aliphatic rings. The van der Waals surface area contributed by atoms with Gasteiger partial charge in [0, 0.05) is 16.6 Å². The molecule has 0 saturated carbocycles. The zero-order chi connectivity index (χ0) is 21.8. The number of anilines is 3.